The number of methoxy groups -OCH3 is 1. The van der Waals surface area contributed by atoms with Gasteiger partial charge in [-0.05, 0) is 29.6 Å². The molecule has 0 fully saturated rings. The number of thiophene rings is 1. The number of hydrogen-bond donors (Lipinski definition) is 3. The van der Waals surface area contributed by atoms with E-state index in [0.717, 1.165) is 38.7 Å². The highest BCUT2D eigenvalue weighted by atomic mass is 32.1. The number of halogens is 2. The number of aryl methyl sites for hydroxylation is 1. The van der Waals surface area contributed by atoms with E-state index in [0.29, 0.717) is 28.3 Å². The normalized spacial score (nSPS) is 12.4. The van der Waals surface area contributed by atoms with Crippen LogP contribution in [0, 0.1) is 11.6 Å². The Bertz CT molecular complexity index is 1880. The number of hydrogen-bond acceptors (Lipinski definition) is 8. The van der Waals surface area contributed by atoms with Gasteiger partial charge in [0.05, 0.1) is 47.9 Å². The molecule has 4 aromatic heterocycles. The second-order valence-corrected chi connectivity index (χ2v) is 10.4. The van der Waals surface area contributed by atoms with E-state index in [1.807, 2.05) is 36.7 Å². The van der Waals surface area contributed by atoms with Crippen molar-refractivity contribution in [1.29, 1.82) is 0 Å². The molecule has 12 heteroatoms. The van der Waals surface area contributed by atoms with Crippen molar-refractivity contribution in [2.45, 2.75) is 6.04 Å². The lowest BCUT2D eigenvalue weighted by atomic mass is 9.96. The summed E-state index contributed by atoms with van der Waals surface area (Å²) >= 11 is 1.40. The smallest absolute Gasteiger partial charge is 0.137 e. The van der Waals surface area contributed by atoms with Crippen LogP contribution in [0.2, 0.25) is 0 Å². The van der Waals surface area contributed by atoms with E-state index < -0.39 is 17.7 Å². The summed E-state index contributed by atoms with van der Waals surface area (Å²) in [5, 5.41) is 24.8. The number of nitrogens with two attached hydrogens (primary N) is 1. The number of fused-ring (bicyclic) bond motifs is 2. The summed E-state index contributed by atoms with van der Waals surface area (Å²) in [6, 6.07) is 10.8. The second kappa shape index (κ2) is 11.0. The first-order chi connectivity index (χ1) is 19.9. The molecule has 210 valence electrons. The molecule has 2 aromatic carbocycles. The minimum Gasteiger partial charge on any atom is -0.490 e. The predicted octanol–water partition coefficient (Wildman–Crippen LogP) is 5.20. The SMILES string of the molecule is COCCOc1cc(F)cc(F)c1-c1c(-c2cc([C@@H](N)CO)[nH]n2)nc(-c2ccc3c(cnn3C)c2)c2ccsc12. The van der Waals surface area contributed by atoms with Gasteiger partial charge >= 0.3 is 0 Å². The second-order valence-electron chi connectivity index (χ2n) is 9.49. The van der Waals surface area contributed by atoms with Gasteiger partial charge in [-0.3, -0.25) is 9.78 Å². The van der Waals surface area contributed by atoms with Crippen LogP contribution < -0.4 is 10.5 Å². The van der Waals surface area contributed by atoms with Gasteiger partial charge in [0.1, 0.15) is 35.4 Å². The highest BCUT2D eigenvalue weighted by Gasteiger charge is 2.27. The number of aromatic nitrogens is 5. The van der Waals surface area contributed by atoms with E-state index in [-0.39, 0.29) is 31.1 Å². The topological polar surface area (TPSA) is 124 Å². The monoisotopic (exact) mass is 576 g/mol. The standard InChI is InChI=1S/C29H26F2N6O3S/c1-37-23-4-3-15(9-16(23)13-33-37)27-18-5-8-41-29(18)26(28(34-27)22-12-21(35-36-22)20(32)14-38)25-19(31)10-17(30)11-24(25)40-7-6-39-2/h3-5,8-13,20,38H,6-7,14,32H2,1-2H3,(H,35,36)/t20-/m0/s1. The first kappa shape index (κ1) is 27.0. The van der Waals surface area contributed by atoms with Gasteiger partial charge < -0.3 is 20.3 Å². The van der Waals surface area contributed by atoms with Crippen LogP contribution in [0.4, 0.5) is 8.78 Å². The summed E-state index contributed by atoms with van der Waals surface area (Å²) in [6.07, 6.45) is 1.78. The maximum absolute atomic E-state index is 15.8. The lowest BCUT2D eigenvalue weighted by Gasteiger charge is -2.17. The highest BCUT2D eigenvalue weighted by Crippen LogP contribution is 2.47. The molecule has 4 heterocycles. The maximum atomic E-state index is 15.8. The molecule has 0 unspecified atom stereocenters. The molecule has 0 aliphatic carbocycles. The van der Waals surface area contributed by atoms with E-state index in [2.05, 4.69) is 15.3 Å². The van der Waals surface area contributed by atoms with Crippen LogP contribution in [-0.4, -0.2) is 57.0 Å². The Morgan fingerprint density at radius 1 is 1.10 bits per heavy atom. The molecular weight excluding hydrogens is 550 g/mol. The van der Waals surface area contributed by atoms with Gasteiger partial charge in [0, 0.05) is 52.9 Å². The van der Waals surface area contributed by atoms with Crippen LogP contribution in [0.1, 0.15) is 11.7 Å². The first-order valence-corrected chi connectivity index (χ1v) is 13.6. The third-order valence-corrected chi connectivity index (χ3v) is 7.81. The molecule has 41 heavy (non-hydrogen) atoms. The molecule has 6 aromatic rings. The summed E-state index contributed by atoms with van der Waals surface area (Å²) < 4.78 is 43.6. The lowest BCUT2D eigenvalue weighted by molar-refractivity contribution is 0.146. The molecule has 4 N–H and O–H groups in total. The third kappa shape index (κ3) is 4.84. The zero-order valence-electron chi connectivity index (χ0n) is 22.2. The summed E-state index contributed by atoms with van der Waals surface area (Å²) in [5.74, 6) is -1.56. The number of nitrogens with one attached hydrogen (secondary N) is 1. The van der Waals surface area contributed by atoms with E-state index >= 15 is 4.39 Å². The van der Waals surface area contributed by atoms with Gasteiger partial charge in [0.2, 0.25) is 0 Å². The molecule has 0 aliphatic heterocycles. The zero-order chi connectivity index (χ0) is 28.7. The summed E-state index contributed by atoms with van der Waals surface area (Å²) in [5.41, 5.74) is 10.2. The third-order valence-electron chi connectivity index (χ3n) is 6.88. The van der Waals surface area contributed by atoms with Crippen LogP contribution in [0.15, 0.2) is 54.0 Å². The van der Waals surface area contributed by atoms with Gasteiger partial charge in [-0.15, -0.1) is 11.3 Å². The highest BCUT2D eigenvalue weighted by molar-refractivity contribution is 7.18. The molecule has 0 amide bonds. The van der Waals surface area contributed by atoms with Gasteiger partial charge in [-0.2, -0.15) is 10.2 Å². The van der Waals surface area contributed by atoms with E-state index in [1.165, 1.54) is 18.4 Å². The lowest BCUT2D eigenvalue weighted by Crippen LogP contribution is -2.14. The Labute approximate surface area is 237 Å². The largest absolute Gasteiger partial charge is 0.490 e. The summed E-state index contributed by atoms with van der Waals surface area (Å²) in [4.78, 5) is 5.06. The number of ether oxygens (including phenoxy) is 2. The fourth-order valence-electron chi connectivity index (χ4n) is 4.86. The Morgan fingerprint density at radius 2 is 1.95 bits per heavy atom. The van der Waals surface area contributed by atoms with Crippen molar-refractivity contribution in [3.8, 4) is 39.5 Å². The molecule has 1 atom stereocenters. The van der Waals surface area contributed by atoms with E-state index in [9.17, 15) is 9.50 Å². The van der Waals surface area contributed by atoms with Crippen LogP contribution >= 0.6 is 11.3 Å². The van der Waals surface area contributed by atoms with Crippen molar-refractivity contribution in [3.63, 3.8) is 0 Å². The minimum atomic E-state index is -0.803. The number of nitrogens with zero attached hydrogens (tertiary/aromatic N) is 4. The average Bonchev–Trinajstić information content (AvgIpc) is 3.72. The predicted molar refractivity (Wildman–Crippen MR) is 154 cm³/mol. The molecular formula is C29H26F2N6O3S. The number of H-pyrrole nitrogens is 1. The molecule has 0 spiro atoms. The minimum absolute atomic E-state index is 0.0182. The summed E-state index contributed by atoms with van der Waals surface area (Å²) in [6.45, 7) is 0.0187. The van der Waals surface area contributed by atoms with Crippen molar-refractivity contribution in [2.24, 2.45) is 12.8 Å². The molecule has 0 bridgehead atoms. The van der Waals surface area contributed by atoms with E-state index in [4.69, 9.17) is 20.2 Å². The number of aliphatic hydroxyl groups is 1. The Balaban J connectivity index is 1.65. The Kier molecular flexibility index (Phi) is 7.22. The first-order valence-electron chi connectivity index (χ1n) is 12.8. The van der Waals surface area contributed by atoms with Gasteiger partial charge in [0.25, 0.3) is 0 Å². The Morgan fingerprint density at radius 3 is 2.76 bits per heavy atom. The number of rotatable bonds is 9. The molecule has 0 radical (unpaired) electrons. The van der Waals surface area contributed by atoms with E-state index in [1.54, 1.807) is 16.9 Å². The van der Waals surface area contributed by atoms with Crippen molar-refractivity contribution in [1.82, 2.24) is 25.0 Å². The van der Waals surface area contributed by atoms with Crippen molar-refractivity contribution in [3.05, 3.63) is 71.4 Å². The fourth-order valence-corrected chi connectivity index (χ4v) is 5.81. The van der Waals surface area contributed by atoms with Crippen LogP contribution in [0.25, 0.3) is 54.8 Å². The number of aromatic amines is 1. The Hall–Kier alpha value is -4.23. The van der Waals surface area contributed by atoms with Crippen LogP contribution in [0.3, 0.4) is 0 Å². The quantitative estimate of drug-likeness (QED) is 0.202. The molecule has 0 saturated heterocycles. The van der Waals surface area contributed by atoms with Gasteiger partial charge in [-0.25, -0.2) is 13.8 Å². The molecule has 0 aliphatic rings. The summed E-state index contributed by atoms with van der Waals surface area (Å²) in [7, 11) is 3.39. The fraction of sp³-hybridized carbons (Fsp3) is 0.207. The van der Waals surface area contributed by atoms with Crippen molar-refractivity contribution >= 4 is 32.3 Å². The van der Waals surface area contributed by atoms with Crippen LogP contribution in [0.5, 0.6) is 5.75 Å². The number of aliphatic hydroxyl groups excluding tert-OH is 1. The maximum Gasteiger partial charge on any atom is 0.137 e. The number of benzene rings is 2. The molecule has 6 rings (SSSR count). The average molecular weight is 577 g/mol. The van der Waals surface area contributed by atoms with Gasteiger partial charge in [-0.1, -0.05) is 6.07 Å². The van der Waals surface area contributed by atoms with Crippen molar-refractivity contribution < 1.29 is 23.4 Å². The number of pyridine rings is 1. The zero-order valence-corrected chi connectivity index (χ0v) is 23.0. The molecule has 9 nitrogen and oxygen atoms in total. The molecule has 0 saturated carbocycles. The van der Waals surface area contributed by atoms with Crippen LogP contribution in [-0.2, 0) is 11.8 Å². The van der Waals surface area contributed by atoms with Crippen molar-refractivity contribution in [2.75, 3.05) is 26.9 Å². The van der Waals surface area contributed by atoms with Gasteiger partial charge in [0.15, 0.2) is 0 Å².